The van der Waals surface area contributed by atoms with E-state index in [9.17, 15) is 0 Å². The molecule has 0 amide bonds. The lowest BCUT2D eigenvalue weighted by atomic mass is 10.0. The van der Waals surface area contributed by atoms with Gasteiger partial charge in [-0.3, -0.25) is 0 Å². The number of methoxy groups -OCH3 is 1. The zero-order valence-electron chi connectivity index (χ0n) is 13.3. The topological polar surface area (TPSA) is 24.5 Å². The predicted molar refractivity (Wildman–Crippen MR) is 85.5 cm³/mol. The monoisotopic (exact) mass is 276 g/mol. The van der Waals surface area contributed by atoms with Gasteiger partial charge in [-0.1, -0.05) is 19.1 Å². The molecule has 2 atom stereocenters. The Kier molecular flexibility index (Phi) is 5.44. The molecule has 1 aromatic rings. The van der Waals surface area contributed by atoms with E-state index in [1.54, 1.807) is 7.11 Å². The molecule has 0 aromatic heterocycles. The van der Waals surface area contributed by atoms with E-state index >= 15 is 0 Å². The lowest BCUT2D eigenvalue weighted by Crippen LogP contribution is -2.30. The highest BCUT2D eigenvalue weighted by molar-refractivity contribution is 5.59. The maximum Gasteiger partial charge on any atom is 0.0718 e. The molecule has 0 saturated carbocycles. The summed E-state index contributed by atoms with van der Waals surface area (Å²) in [5.74, 6) is 0. The van der Waals surface area contributed by atoms with Gasteiger partial charge in [-0.15, -0.1) is 0 Å². The van der Waals surface area contributed by atoms with Gasteiger partial charge < -0.3 is 15.0 Å². The van der Waals surface area contributed by atoms with Crippen LogP contribution in [0.3, 0.4) is 0 Å². The number of nitrogens with zero attached hydrogens (tertiary/aromatic N) is 1. The summed E-state index contributed by atoms with van der Waals surface area (Å²) in [5.41, 5.74) is 4.27. The number of rotatable bonds is 7. The number of hydrogen-bond acceptors (Lipinski definition) is 3. The highest BCUT2D eigenvalue weighted by Gasteiger charge is 2.21. The first-order valence-corrected chi connectivity index (χ1v) is 7.79. The molecule has 1 aromatic carbocycles. The fraction of sp³-hybridized carbons (Fsp3) is 0.647. The fourth-order valence-corrected chi connectivity index (χ4v) is 2.81. The minimum absolute atomic E-state index is 0.283. The fourth-order valence-electron chi connectivity index (χ4n) is 2.81. The predicted octanol–water partition coefficient (Wildman–Crippen LogP) is 3.14. The normalized spacial score (nSPS) is 17.1. The van der Waals surface area contributed by atoms with Crippen LogP contribution in [0.4, 0.5) is 5.69 Å². The molecule has 0 radical (unpaired) electrons. The standard InChI is InChI=1S/C17H28N2O/c1-5-9-18-14(3)15-6-7-17-16(11-15)8-10-19(17)12-13(2)20-4/h6-7,11,13-14,18H,5,8-10,12H2,1-4H3. The van der Waals surface area contributed by atoms with Crippen LogP contribution in [-0.2, 0) is 11.2 Å². The highest BCUT2D eigenvalue weighted by Crippen LogP contribution is 2.30. The summed E-state index contributed by atoms with van der Waals surface area (Å²) in [6.45, 7) is 9.75. The molecule has 2 unspecified atom stereocenters. The van der Waals surface area contributed by atoms with Gasteiger partial charge in [0.25, 0.3) is 0 Å². The minimum Gasteiger partial charge on any atom is -0.380 e. The Balaban J connectivity index is 2.06. The van der Waals surface area contributed by atoms with Crippen LogP contribution in [0.1, 0.15) is 44.4 Å². The SMILES string of the molecule is CCCNC(C)c1ccc2c(c1)CCN2CC(C)OC. The summed E-state index contributed by atoms with van der Waals surface area (Å²) in [4.78, 5) is 2.44. The zero-order valence-corrected chi connectivity index (χ0v) is 13.3. The number of benzene rings is 1. The van der Waals surface area contributed by atoms with Crippen molar-refractivity contribution >= 4 is 5.69 Å². The molecular weight excluding hydrogens is 248 g/mol. The third kappa shape index (κ3) is 3.53. The second-order valence-corrected chi connectivity index (χ2v) is 5.81. The molecule has 0 bridgehead atoms. The summed E-state index contributed by atoms with van der Waals surface area (Å²) >= 11 is 0. The zero-order chi connectivity index (χ0) is 14.5. The summed E-state index contributed by atoms with van der Waals surface area (Å²) in [5, 5.41) is 3.56. The van der Waals surface area contributed by atoms with Crippen LogP contribution >= 0.6 is 0 Å². The molecule has 0 saturated heterocycles. The first kappa shape index (κ1) is 15.3. The van der Waals surface area contributed by atoms with Crippen molar-refractivity contribution < 1.29 is 4.74 Å². The van der Waals surface area contributed by atoms with E-state index in [2.05, 4.69) is 49.2 Å². The van der Waals surface area contributed by atoms with E-state index < -0.39 is 0 Å². The Morgan fingerprint density at radius 3 is 2.85 bits per heavy atom. The van der Waals surface area contributed by atoms with Crippen LogP contribution in [-0.4, -0.2) is 32.8 Å². The number of hydrogen-bond donors (Lipinski definition) is 1. The maximum atomic E-state index is 5.38. The van der Waals surface area contributed by atoms with Crippen LogP contribution in [0.2, 0.25) is 0 Å². The van der Waals surface area contributed by atoms with Crippen molar-refractivity contribution in [2.24, 2.45) is 0 Å². The van der Waals surface area contributed by atoms with Crippen molar-refractivity contribution in [3.8, 4) is 0 Å². The van der Waals surface area contributed by atoms with Gasteiger partial charge in [-0.2, -0.15) is 0 Å². The molecule has 0 spiro atoms. The Hall–Kier alpha value is -1.06. The van der Waals surface area contributed by atoms with E-state index in [1.165, 1.54) is 23.2 Å². The number of anilines is 1. The Bertz CT molecular complexity index is 433. The molecular formula is C17H28N2O. The van der Waals surface area contributed by atoms with Crippen molar-refractivity contribution in [1.29, 1.82) is 0 Å². The van der Waals surface area contributed by atoms with Crippen molar-refractivity contribution in [2.45, 2.75) is 45.8 Å². The molecule has 3 heteroatoms. The van der Waals surface area contributed by atoms with Gasteiger partial charge in [0.15, 0.2) is 0 Å². The van der Waals surface area contributed by atoms with Crippen molar-refractivity contribution in [1.82, 2.24) is 5.32 Å². The second-order valence-electron chi connectivity index (χ2n) is 5.81. The van der Waals surface area contributed by atoms with Crippen LogP contribution in [0, 0.1) is 0 Å². The van der Waals surface area contributed by atoms with Crippen LogP contribution in [0.25, 0.3) is 0 Å². The van der Waals surface area contributed by atoms with Crippen molar-refractivity contribution in [3.63, 3.8) is 0 Å². The molecule has 0 fully saturated rings. The molecule has 2 rings (SSSR count). The van der Waals surface area contributed by atoms with Crippen molar-refractivity contribution in [3.05, 3.63) is 29.3 Å². The molecule has 1 heterocycles. The molecule has 20 heavy (non-hydrogen) atoms. The lowest BCUT2D eigenvalue weighted by molar-refractivity contribution is 0.123. The smallest absolute Gasteiger partial charge is 0.0718 e. The number of fused-ring (bicyclic) bond motifs is 1. The first-order chi connectivity index (χ1) is 9.65. The quantitative estimate of drug-likeness (QED) is 0.828. The van der Waals surface area contributed by atoms with Gasteiger partial charge >= 0.3 is 0 Å². The molecule has 1 aliphatic heterocycles. The van der Waals surface area contributed by atoms with Crippen LogP contribution in [0.5, 0.6) is 0 Å². The molecule has 112 valence electrons. The van der Waals surface area contributed by atoms with Gasteiger partial charge in [0, 0.05) is 31.9 Å². The Morgan fingerprint density at radius 1 is 1.35 bits per heavy atom. The van der Waals surface area contributed by atoms with Gasteiger partial charge in [0.2, 0.25) is 0 Å². The Labute approximate surface area is 123 Å². The number of nitrogens with one attached hydrogen (secondary N) is 1. The molecule has 0 aliphatic carbocycles. The highest BCUT2D eigenvalue weighted by atomic mass is 16.5. The Morgan fingerprint density at radius 2 is 2.15 bits per heavy atom. The lowest BCUT2D eigenvalue weighted by Gasteiger charge is -2.23. The van der Waals surface area contributed by atoms with Crippen molar-refractivity contribution in [2.75, 3.05) is 31.6 Å². The maximum absolute atomic E-state index is 5.38. The van der Waals surface area contributed by atoms with Crippen LogP contribution in [0.15, 0.2) is 18.2 Å². The minimum atomic E-state index is 0.283. The summed E-state index contributed by atoms with van der Waals surface area (Å²) in [6.07, 6.45) is 2.61. The second kappa shape index (κ2) is 7.09. The van der Waals surface area contributed by atoms with Crippen LogP contribution < -0.4 is 10.2 Å². The van der Waals surface area contributed by atoms with Gasteiger partial charge in [0.05, 0.1) is 6.10 Å². The number of ether oxygens (including phenoxy) is 1. The molecule has 1 aliphatic rings. The first-order valence-electron chi connectivity index (χ1n) is 7.79. The average Bonchev–Trinajstić information content (AvgIpc) is 2.86. The third-order valence-electron chi connectivity index (χ3n) is 4.18. The van der Waals surface area contributed by atoms with E-state index in [0.717, 1.165) is 26.1 Å². The summed E-state index contributed by atoms with van der Waals surface area (Å²) in [7, 11) is 1.78. The van der Waals surface area contributed by atoms with E-state index in [1.807, 2.05) is 0 Å². The summed E-state index contributed by atoms with van der Waals surface area (Å²) < 4.78 is 5.38. The summed E-state index contributed by atoms with van der Waals surface area (Å²) in [6, 6.07) is 7.36. The van der Waals surface area contributed by atoms with E-state index in [-0.39, 0.29) is 6.10 Å². The van der Waals surface area contributed by atoms with E-state index in [4.69, 9.17) is 4.74 Å². The molecule has 3 nitrogen and oxygen atoms in total. The van der Waals surface area contributed by atoms with Gasteiger partial charge in [-0.25, -0.2) is 0 Å². The third-order valence-corrected chi connectivity index (χ3v) is 4.18. The molecule has 1 N–H and O–H groups in total. The van der Waals surface area contributed by atoms with Gasteiger partial charge in [-0.05, 0) is 50.4 Å². The van der Waals surface area contributed by atoms with Gasteiger partial charge in [0.1, 0.15) is 0 Å². The van der Waals surface area contributed by atoms with E-state index in [0.29, 0.717) is 6.04 Å². The largest absolute Gasteiger partial charge is 0.380 e. The average molecular weight is 276 g/mol.